The van der Waals surface area contributed by atoms with Crippen LogP contribution < -0.4 is 0 Å². The molecular weight excluding hydrogens is 178 g/mol. The van der Waals surface area contributed by atoms with E-state index >= 15 is 0 Å². The van der Waals surface area contributed by atoms with Gasteiger partial charge >= 0.3 is 0 Å². The third-order valence-electron chi connectivity index (χ3n) is 3.06. The van der Waals surface area contributed by atoms with Gasteiger partial charge in [0, 0.05) is 20.3 Å². The standard InChI is InChI=1S/C11H23NO2/c1-10(13)11-5-7-12(9-11)6-3-4-8-14-2/h10-11,13H,3-9H2,1-2H3. The number of hydrogen-bond acceptors (Lipinski definition) is 3. The van der Waals surface area contributed by atoms with E-state index in [0.29, 0.717) is 5.92 Å². The van der Waals surface area contributed by atoms with Crippen molar-refractivity contribution in [3.8, 4) is 0 Å². The topological polar surface area (TPSA) is 32.7 Å². The molecule has 2 unspecified atom stereocenters. The normalized spacial score (nSPS) is 25.5. The van der Waals surface area contributed by atoms with E-state index in [0.717, 1.165) is 39.1 Å². The number of ether oxygens (including phenoxy) is 1. The summed E-state index contributed by atoms with van der Waals surface area (Å²) in [7, 11) is 1.75. The largest absolute Gasteiger partial charge is 0.393 e. The summed E-state index contributed by atoms with van der Waals surface area (Å²) in [5.74, 6) is 0.498. The molecule has 84 valence electrons. The van der Waals surface area contributed by atoms with Gasteiger partial charge in [-0.25, -0.2) is 0 Å². The summed E-state index contributed by atoms with van der Waals surface area (Å²) in [6, 6.07) is 0. The molecule has 0 saturated carbocycles. The van der Waals surface area contributed by atoms with Crippen molar-refractivity contribution in [1.82, 2.24) is 4.90 Å². The maximum Gasteiger partial charge on any atom is 0.0552 e. The van der Waals surface area contributed by atoms with Crippen molar-refractivity contribution in [2.24, 2.45) is 5.92 Å². The first-order valence-corrected chi connectivity index (χ1v) is 5.63. The summed E-state index contributed by atoms with van der Waals surface area (Å²) in [5, 5.41) is 9.43. The molecule has 3 heteroatoms. The number of unbranched alkanes of at least 4 members (excludes halogenated alkanes) is 1. The molecule has 1 N–H and O–H groups in total. The van der Waals surface area contributed by atoms with Crippen molar-refractivity contribution >= 4 is 0 Å². The van der Waals surface area contributed by atoms with E-state index in [-0.39, 0.29) is 6.10 Å². The minimum atomic E-state index is -0.140. The molecule has 0 amide bonds. The quantitative estimate of drug-likeness (QED) is 0.654. The molecule has 1 aliphatic rings. The van der Waals surface area contributed by atoms with Crippen LogP contribution in [-0.2, 0) is 4.74 Å². The first-order chi connectivity index (χ1) is 6.74. The van der Waals surface area contributed by atoms with Crippen molar-refractivity contribution in [2.45, 2.75) is 32.3 Å². The van der Waals surface area contributed by atoms with E-state index in [2.05, 4.69) is 4.90 Å². The fourth-order valence-corrected chi connectivity index (χ4v) is 2.04. The molecule has 0 aromatic rings. The highest BCUT2D eigenvalue weighted by Gasteiger charge is 2.25. The molecule has 1 fully saturated rings. The van der Waals surface area contributed by atoms with Gasteiger partial charge in [-0.3, -0.25) is 0 Å². The average Bonchev–Trinajstić information content (AvgIpc) is 2.61. The van der Waals surface area contributed by atoms with Crippen LogP contribution in [0.25, 0.3) is 0 Å². The Bertz CT molecular complexity index is 150. The lowest BCUT2D eigenvalue weighted by atomic mass is 10.0. The zero-order valence-corrected chi connectivity index (χ0v) is 9.41. The molecular formula is C11H23NO2. The molecule has 14 heavy (non-hydrogen) atoms. The number of aliphatic hydroxyl groups is 1. The predicted octanol–water partition coefficient (Wildman–Crippen LogP) is 1.12. The highest BCUT2D eigenvalue weighted by atomic mass is 16.5. The Balaban J connectivity index is 2.04. The maximum absolute atomic E-state index is 9.43. The molecule has 0 radical (unpaired) electrons. The molecule has 1 saturated heterocycles. The van der Waals surface area contributed by atoms with Crippen molar-refractivity contribution in [2.75, 3.05) is 33.4 Å². The molecule has 1 rings (SSSR count). The van der Waals surface area contributed by atoms with E-state index in [1.54, 1.807) is 7.11 Å². The number of methoxy groups -OCH3 is 1. The van der Waals surface area contributed by atoms with E-state index in [1.807, 2.05) is 6.92 Å². The Labute approximate surface area is 87.1 Å². The molecule has 3 nitrogen and oxygen atoms in total. The number of rotatable bonds is 6. The van der Waals surface area contributed by atoms with Crippen molar-refractivity contribution in [3.05, 3.63) is 0 Å². The highest BCUT2D eigenvalue weighted by Crippen LogP contribution is 2.19. The van der Waals surface area contributed by atoms with Crippen molar-refractivity contribution < 1.29 is 9.84 Å². The Morgan fingerprint density at radius 1 is 1.50 bits per heavy atom. The molecule has 1 aliphatic heterocycles. The average molecular weight is 201 g/mol. The minimum Gasteiger partial charge on any atom is -0.393 e. The third kappa shape index (κ3) is 3.95. The molecule has 1 heterocycles. The van der Waals surface area contributed by atoms with E-state index < -0.39 is 0 Å². The van der Waals surface area contributed by atoms with Gasteiger partial charge in [-0.1, -0.05) is 0 Å². The zero-order valence-electron chi connectivity index (χ0n) is 9.41. The van der Waals surface area contributed by atoms with Crippen molar-refractivity contribution in [1.29, 1.82) is 0 Å². The van der Waals surface area contributed by atoms with Gasteiger partial charge < -0.3 is 14.7 Å². The summed E-state index contributed by atoms with van der Waals surface area (Å²) in [6.07, 6.45) is 3.37. The minimum absolute atomic E-state index is 0.140. The second-order valence-corrected chi connectivity index (χ2v) is 4.29. The maximum atomic E-state index is 9.43. The summed E-state index contributed by atoms with van der Waals surface area (Å²) in [6.45, 7) is 6.16. The van der Waals surface area contributed by atoms with Gasteiger partial charge in [0.1, 0.15) is 0 Å². The Morgan fingerprint density at radius 3 is 2.86 bits per heavy atom. The van der Waals surface area contributed by atoms with E-state index in [1.165, 1.54) is 6.42 Å². The SMILES string of the molecule is COCCCCN1CCC(C(C)O)C1. The molecule has 0 spiro atoms. The summed E-state index contributed by atoms with van der Waals surface area (Å²) < 4.78 is 5.01. The van der Waals surface area contributed by atoms with E-state index in [4.69, 9.17) is 4.74 Å². The van der Waals surface area contributed by atoms with Crippen LogP contribution >= 0.6 is 0 Å². The Morgan fingerprint density at radius 2 is 2.29 bits per heavy atom. The molecule has 0 aliphatic carbocycles. The van der Waals surface area contributed by atoms with Gasteiger partial charge in [0.2, 0.25) is 0 Å². The number of likely N-dealkylation sites (tertiary alicyclic amines) is 1. The third-order valence-corrected chi connectivity index (χ3v) is 3.06. The van der Waals surface area contributed by atoms with Gasteiger partial charge in [-0.15, -0.1) is 0 Å². The first-order valence-electron chi connectivity index (χ1n) is 5.63. The second-order valence-electron chi connectivity index (χ2n) is 4.29. The van der Waals surface area contributed by atoms with E-state index in [9.17, 15) is 5.11 Å². The van der Waals surface area contributed by atoms with Gasteiger partial charge in [-0.2, -0.15) is 0 Å². The highest BCUT2D eigenvalue weighted by molar-refractivity contribution is 4.78. The van der Waals surface area contributed by atoms with Crippen LogP contribution in [0.4, 0.5) is 0 Å². The molecule has 0 aromatic heterocycles. The van der Waals surface area contributed by atoms with Gasteiger partial charge in [0.25, 0.3) is 0 Å². The van der Waals surface area contributed by atoms with Gasteiger partial charge in [-0.05, 0) is 45.2 Å². The lowest BCUT2D eigenvalue weighted by Gasteiger charge is -2.16. The number of aliphatic hydroxyl groups excluding tert-OH is 1. The zero-order chi connectivity index (χ0) is 10.4. The second kappa shape index (κ2) is 6.38. The lowest BCUT2D eigenvalue weighted by Crippen LogP contribution is -2.25. The smallest absolute Gasteiger partial charge is 0.0552 e. The van der Waals surface area contributed by atoms with Crippen LogP contribution in [0.3, 0.4) is 0 Å². The molecule has 0 bridgehead atoms. The first kappa shape index (κ1) is 12.0. The summed E-state index contributed by atoms with van der Waals surface area (Å²) >= 11 is 0. The fraction of sp³-hybridized carbons (Fsp3) is 1.00. The summed E-state index contributed by atoms with van der Waals surface area (Å²) in [4.78, 5) is 2.45. The Kier molecular flexibility index (Phi) is 5.45. The van der Waals surface area contributed by atoms with Crippen LogP contribution in [-0.4, -0.2) is 49.5 Å². The van der Waals surface area contributed by atoms with Gasteiger partial charge in [0.05, 0.1) is 6.10 Å². The van der Waals surface area contributed by atoms with Crippen LogP contribution in [0.1, 0.15) is 26.2 Å². The van der Waals surface area contributed by atoms with Crippen LogP contribution in [0.15, 0.2) is 0 Å². The van der Waals surface area contributed by atoms with Crippen LogP contribution in [0.2, 0.25) is 0 Å². The van der Waals surface area contributed by atoms with Crippen LogP contribution in [0, 0.1) is 5.92 Å². The predicted molar refractivity (Wildman–Crippen MR) is 57.3 cm³/mol. The lowest BCUT2D eigenvalue weighted by molar-refractivity contribution is 0.127. The molecule has 2 atom stereocenters. The molecule has 0 aromatic carbocycles. The fourth-order valence-electron chi connectivity index (χ4n) is 2.04. The summed E-state index contributed by atoms with van der Waals surface area (Å²) in [5.41, 5.74) is 0. The van der Waals surface area contributed by atoms with Crippen molar-refractivity contribution in [3.63, 3.8) is 0 Å². The Hall–Kier alpha value is -0.120. The monoisotopic (exact) mass is 201 g/mol. The number of nitrogens with zero attached hydrogens (tertiary/aromatic N) is 1. The number of hydrogen-bond donors (Lipinski definition) is 1. The van der Waals surface area contributed by atoms with Gasteiger partial charge in [0.15, 0.2) is 0 Å². The van der Waals surface area contributed by atoms with Crippen LogP contribution in [0.5, 0.6) is 0 Å².